The maximum atomic E-state index is 9.48. The third-order valence-electron chi connectivity index (χ3n) is 1.66. The van der Waals surface area contributed by atoms with E-state index in [2.05, 4.69) is 22.7 Å². The normalized spacial score (nSPS) is 10.4. The number of rotatable bonds is 3. The Balaban J connectivity index is 2.93. The van der Waals surface area contributed by atoms with Crippen molar-refractivity contribution < 1.29 is 9.84 Å². The molecule has 16 heavy (non-hydrogen) atoms. The minimum atomic E-state index is -0.108. The third kappa shape index (κ3) is 3.25. The molecule has 7 heteroatoms. The van der Waals surface area contributed by atoms with Crippen molar-refractivity contribution in [1.82, 2.24) is 5.43 Å². The summed E-state index contributed by atoms with van der Waals surface area (Å²) in [7, 11) is 1.43. The third-order valence-corrected chi connectivity index (χ3v) is 2.04. The summed E-state index contributed by atoms with van der Waals surface area (Å²) in [4.78, 5) is 0. The van der Waals surface area contributed by atoms with E-state index in [9.17, 15) is 5.11 Å². The Morgan fingerprint density at radius 3 is 2.94 bits per heavy atom. The van der Waals surface area contributed by atoms with Gasteiger partial charge >= 0.3 is 0 Å². The lowest BCUT2D eigenvalue weighted by molar-refractivity contribution is 0.373. The van der Waals surface area contributed by atoms with Gasteiger partial charge in [-0.3, -0.25) is 5.43 Å². The average Bonchev–Trinajstić information content (AvgIpc) is 2.22. The van der Waals surface area contributed by atoms with Gasteiger partial charge in [0, 0.05) is 0 Å². The molecule has 0 spiro atoms. The minimum absolute atomic E-state index is 0.0630. The standard InChI is InChI=1S/C9H10ClN3O2S/c1-15-7-3-5(2-6(10)8(7)14)4-12-13-9(11)16/h2-4,14H,1H3,(H3,11,13,16)/b12-4-. The van der Waals surface area contributed by atoms with Crippen molar-refractivity contribution in [3.8, 4) is 11.5 Å². The fraction of sp³-hybridized carbons (Fsp3) is 0.111. The number of nitrogens with two attached hydrogens (primary N) is 1. The molecule has 4 N–H and O–H groups in total. The van der Waals surface area contributed by atoms with Gasteiger partial charge in [0.1, 0.15) is 0 Å². The van der Waals surface area contributed by atoms with Crippen LogP contribution in [0.1, 0.15) is 5.56 Å². The number of benzene rings is 1. The van der Waals surface area contributed by atoms with Gasteiger partial charge in [0.25, 0.3) is 0 Å². The van der Waals surface area contributed by atoms with E-state index in [0.29, 0.717) is 5.56 Å². The maximum Gasteiger partial charge on any atom is 0.184 e. The number of hydrazone groups is 1. The highest BCUT2D eigenvalue weighted by atomic mass is 35.5. The van der Waals surface area contributed by atoms with Crippen molar-refractivity contribution in [3.63, 3.8) is 0 Å². The van der Waals surface area contributed by atoms with Gasteiger partial charge in [0.15, 0.2) is 16.6 Å². The van der Waals surface area contributed by atoms with E-state index in [-0.39, 0.29) is 21.6 Å². The van der Waals surface area contributed by atoms with E-state index in [4.69, 9.17) is 22.1 Å². The van der Waals surface area contributed by atoms with E-state index in [1.807, 2.05) is 0 Å². The van der Waals surface area contributed by atoms with E-state index in [1.54, 1.807) is 6.07 Å². The fourth-order valence-corrected chi connectivity index (χ4v) is 1.27. The first-order valence-corrected chi connectivity index (χ1v) is 4.98. The molecule has 0 atom stereocenters. The molecule has 1 rings (SSSR count). The smallest absolute Gasteiger partial charge is 0.184 e. The molecular weight excluding hydrogens is 250 g/mol. The predicted octanol–water partition coefficient (Wildman–Crippen LogP) is 1.22. The Labute approximate surface area is 103 Å². The number of thiocarbonyl (C=S) groups is 1. The second kappa shape index (κ2) is 5.53. The summed E-state index contributed by atoms with van der Waals surface area (Å²) in [5, 5.41) is 13.5. The molecule has 0 fully saturated rings. The zero-order valence-electron chi connectivity index (χ0n) is 8.40. The molecule has 0 radical (unpaired) electrons. The number of nitrogens with zero attached hydrogens (tertiary/aromatic N) is 1. The molecule has 0 aliphatic carbocycles. The average molecular weight is 260 g/mol. The molecule has 0 amide bonds. The molecule has 0 bridgehead atoms. The first-order valence-electron chi connectivity index (χ1n) is 4.19. The Morgan fingerprint density at radius 2 is 2.38 bits per heavy atom. The summed E-state index contributed by atoms with van der Waals surface area (Å²) in [5.74, 6) is 0.160. The monoisotopic (exact) mass is 259 g/mol. The summed E-state index contributed by atoms with van der Waals surface area (Å²) in [5.41, 5.74) is 8.22. The molecule has 0 aromatic heterocycles. The SMILES string of the molecule is COc1cc(/C=N\NC(N)=S)cc(Cl)c1O. The van der Waals surface area contributed by atoms with Gasteiger partial charge in [-0.2, -0.15) is 5.10 Å². The van der Waals surface area contributed by atoms with Gasteiger partial charge in [-0.1, -0.05) is 11.6 Å². The van der Waals surface area contributed by atoms with Gasteiger partial charge in [0.2, 0.25) is 0 Å². The zero-order valence-corrected chi connectivity index (χ0v) is 9.97. The van der Waals surface area contributed by atoms with E-state index < -0.39 is 0 Å². The molecule has 1 aromatic rings. The molecular formula is C9H10ClN3O2S. The quantitative estimate of drug-likeness (QED) is 0.432. The van der Waals surface area contributed by atoms with Crippen LogP contribution in [-0.2, 0) is 0 Å². The van der Waals surface area contributed by atoms with Gasteiger partial charge < -0.3 is 15.6 Å². The van der Waals surface area contributed by atoms with Crippen LogP contribution >= 0.6 is 23.8 Å². The van der Waals surface area contributed by atoms with Gasteiger partial charge in [-0.25, -0.2) is 0 Å². The molecule has 0 saturated carbocycles. The van der Waals surface area contributed by atoms with Crippen molar-refractivity contribution in [1.29, 1.82) is 0 Å². The summed E-state index contributed by atoms with van der Waals surface area (Å²) in [6.45, 7) is 0. The highest BCUT2D eigenvalue weighted by Crippen LogP contribution is 2.34. The molecule has 0 aliphatic rings. The minimum Gasteiger partial charge on any atom is -0.503 e. The molecule has 0 unspecified atom stereocenters. The van der Waals surface area contributed by atoms with Crippen molar-refractivity contribution in [2.75, 3.05) is 7.11 Å². The molecule has 1 aromatic carbocycles. The van der Waals surface area contributed by atoms with Crippen LogP contribution in [0.25, 0.3) is 0 Å². The number of methoxy groups -OCH3 is 1. The number of hydrogen-bond donors (Lipinski definition) is 3. The first-order chi connectivity index (χ1) is 7.54. The lowest BCUT2D eigenvalue weighted by Crippen LogP contribution is -2.23. The highest BCUT2D eigenvalue weighted by molar-refractivity contribution is 7.80. The van der Waals surface area contributed by atoms with E-state index >= 15 is 0 Å². The Morgan fingerprint density at radius 1 is 1.69 bits per heavy atom. The summed E-state index contributed by atoms with van der Waals surface area (Å²) in [6, 6.07) is 3.11. The van der Waals surface area contributed by atoms with Crippen LogP contribution in [0.15, 0.2) is 17.2 Å². The lowest BCUT2D eigenvalue weighted by Gasteiger charge is -2.05. The molecule has 0 heterocycles. The number of halogens is 1. The summed E-state index contributed by atoms with van der Waals surface area (Å²) in [6.07, 6.45) is 1.45. The van der Waals surface area contributed by atoms with Crippen LogP contribution in [0.3, 0.4) is 0 Å². The van der Waals surface area contributed by atoms with E-state index in [1.165, 1.54) is 19.4 Å². The van der Waals surface area contributed by atoms with Crippen LogP contribution in [0.5, 0.6) is 11.5 Å². The molecule has 86 valence electrons. The summed E-state index contributed by atoms with van der Waals surface area (Å²) >= 11 is 10.3. The molecule has 0 saturated heterocycles. The number of phenolic OH excluding ortho intramolecular Hbond substituents is 1. The number of hydrogen-bond acceptors (Lipinski definition) is 4. The molecule has 5 nitrogen and oxygen atoms in total. The van der Waals surface area contributed by atoms with Crippen molar-refractivity contribution >= 4 is 35.1 Å². The zero-order chi connectivity index (χ0) is 12.1. The van der Waals surface area contributed by atoms with Gasteiger partial charge in [-0.15, -0.1) is 0 Å². The summed E-state index contributed by atoms with van der Waals surface area (Å²) < 4.78 is 4.93. The predicted molar refractivity (Wildman–Crippen MR) is 67.2 cm³/mol. The largest absolute Gasteiger partial charge is 0.503 e. The number of nitrogens with one attached hydrogen (secondary N) is 1. The van der Waals surface area contributed by atoms with Crippen LogP contribution in [0, 0.1) is 0 Å². The van der Waals surface area contributed by atoms with E-state index in [0.717, 1.165) is 0 Å². The topological polar surface area (TPSA) is 79.9 Å². The second-order valence-corrected chi connectivity index (χ2v) is 3.63. The Hall–Kier alpha value is -1.53. The van der Waals surface area contributed by atoms with Crippen molar-refractivity contribution in [2.24, 2.45) is 10.8 Å². The van der Waals surface area contributed by atoms with Crippen LogP contribution in [0.2, 0.25) is 5.02 Å². The van der Waals surface area contributed by atoms with Crippen LogP contribution in [0.4, 0.5) is 0 Å². The fourth-order valence-electron chi connectivity index (χ4n) is 0.994. The number of aromatic hydroxyl groups is 1. The van der Waals surface area contributed by atoms with Gasteiger partial charge in [0.05, 0.1) is 18.3 Å². The second-order valence-electron chi connectivity index (χ2n) is 2.79. The Kier molecular flexibility index (Phi) is 4.33. The number of phenols is 1. The Bertz CT molecular complexity index is 437. The highest BCUT2D eigenvalue weighted by Gasteiger charge is 2.07. The van der Waals surface area contributed by atoms with Gasteiger partial charge in [-0.05, 0) is 29.9 Å². The van der Waals surface area contributed by atoms with Crippen molar-refractivity contribution in [3.05, 3.63) is 22.7 Å². The molecule has 0 aliphatic heterocycles. The maximum absolute atomic E-state index is 9.48. The van der Waals surface area contributed by atoms with Crippen molar-refractivity contribution in [2.45, 2.75) is 0 Å². The lowest BCUT2D eigenvalue weighted by atomic mass is 10.2. The number of ether oxygens (including phenoxy) is 1. The van der Waals surface area contributed by atoms with Crippen LogP contribution < -0.4 is 15.9 Å². The first kappa shape index (κ1) is 12.5. The van der Waals surface area contributed by atoms with Crippen LogP contribution in [-0.4, -0.2) is 23.5 Å².